The Morgan fingerprint density at radius 2 is 1.50 bits per heavy atom. The summed E-state index contributed by atoms with van der Waals surface area (Å²) in [5.41, 5.74) is 1.60. The summed E-state index contributed by atoms with van der Waals surface area (Å²) in [4.78, 5) is 17.0. The zero-order valence-corrected chi connectivity index (χ0v) is 17.1. The molecule has 0 saturated carbocycles. The summed E-state index contributed by atoms with van der Waals surface area (Å²) >= 11 is 0. The fourth-order valence-corrected chi connectivity index (χ4v) is 4.03. The number of sulfonamides is 1. The van der Waals surface area contributed by atoms with Gasteiger partial charge in [0.05, 0.1) is 12.0 Å². The zero-order chi connectivity index (χ0) is 20.3. The van der Waals surface area contributed by atoms with Crippen molar-refractivity contribution >= 4 is 21.6 Å². The first-order chi connectivity index (χ1) is 13.3. The number of rotatable bonds is 5. The number of anilines is 1. The molecular formula is C20H25N3O4S. The quantitative estimate of drug-likeness (QED) is 0.763. The van der Waals surface area contributed by atoms with Gasteiger partial charge in [-0.05, 0) is 48.5 Å². The summed E-state index contributed by atoms with van der Waals surface area (Å²) in [5, 5.41) is 0. The normalized spacial score (nSPS) is 15.0. The van der Waals surface area contributed by atoms with Gasteiger partial charge in [-0.2, -0.15) is 0 Å². The fourth-order valence-electron chi connectivity index (χ4n) is 3.12. The number of hydrogen-bond donors (Lipinski definition) is 0. The van der Waals surface area contributed by atoms with Crippen molar-refractivity contribution < 1.29 is 17.9 Å². The Hall–Kier alpha value is -2.58. The molecule has 2 aromatic rings. The maximum atomic E-state index is 12.8. The van der Waals surface area contributed by atoms with Crippen molar-refractivity contribution in [3.63, 3.8) is 0 Å². The molecular weight excluding hydrogens is 378 g/mol. The molecule has 1 aliphatic heterocycles. The van der Waals surface area contributed by atoms with Crippen LogP contribution in [0.3, 0.4) is 0 Å². The molecule has 1 heterocycles. The number of amides is 1. The molecule has 0 aromatic heterocycles. The molecule has 28 heavy (non-hydrogen) atoms. The van der Waals surface area contributed by atoms with Crippen molar-refractivity contribution in [1.82, 2.24) is 9.21 Å². The van der Waals surface area contributed by atoms with E-state index in [2.05, 4.69) is 4.90 Å². The van der Waals surface area contributed by atoms with Gasteiger partial charge in [-0.1, -0.05) is 0 Å². The van der Waals surface area contributed by atoms with E-state index in [1.807, 2.05) is 24.3 Å². The van der Waals surface area contributed by atoms with Gasteiger partial charge in [-0.25, -0.2) is 12.7 Å². The van der Waals surface area contributed by atoms with E-state index in [1.54, 1.807) is 24.1 Å². The third kappa shape index (κ3) is 4.13. The van der Waals surface area contributed by atoms with Crippen LogP contribution in [0.4, 0.5) is 5.69 Å². The van der Waals surface area contributed by atoms with Gasteiger partial charge >= 0.3 is 0 Å². The smallest absolute Gasteiger partial charge is 0.253 e. The van der Waals surface area contributed by atoms with E-state index in [0.717, 1.165) is 28.8 Å². The number of ether oxygens (including phenoxy) is 1. The Balaban J connectivity index is 1.63. The van der Waals surface area contributed by atoms with Crippen LogP contribution in [0.1, 0.15) is 10.4 Å². The van der Waals surface area contributed by atoms with E-state index >= 15 is 0 Å². The predicted octanol–water partition coefficient (Wildman–Crippen LogP) is 1.91. The highest BCUT2D eigenvalue weighted by molar-refractivity contribution is 7.89. The van der Waals surface area contributed by atoms with Crippen molar-refractivity contribution in [2.75, 3.05) is 52.3 Å². The third-order valence-electron chi connectivity index (χ3n) is 4.88. The minimum atomic E-state index is -3.49. The first kappa shape index (κ1) is 20.2. The highest BCUT2D eigenvalue weighted by Gasteiger charge is 2.23. The maximum absolute atomic E-state index is 12.8. The minimum absolute atomic E-state index is 0.0804. The van der Waals surface area contributed by atoms with Gasteiger partial charge in [0.2, 0.25) is 10.0 Å². The molecule has 1 fully saturated rings. The molecule has 3 rings (SSSR count). The first-order valence-corrected chi connectivity index (χ1v) is 10.5. The summed E-state index contributed by atoms with van der Waals surface area (Å²) in [7, 11) is 1.11. The average Bonchev–Trinajstić information content (AvgIpc) is 2.73. The Kier molecular flexibility index (Phi) is 5.90. The molecule has 8 heteroatoms. The molecule has 0 radical (unpaired) electrons. The van der Waals surface area contributed by atoms with Crippen LogP contribution in [-0.4, -0.2) is 70.9 Å². The lowest BCUT2D eigenvalue weighted by molar-refractivity contribution is 0.0746. The largest absolute Gasteiger partial charge is 0.497 e. The van der Waals surface area contributed by atoms with Gasteiger partial charge in [0.1, 0.15) is 5.75 Å². The van der Waals surface area contributed by atoms with Crippen molar-refractivity contribution in [2.45, 2.75) is 4.90 Å². The van der Waals surface area contributed by atoms with Gasteiger partial charge in [0, 0.05) is 51.5 Å². The number of piperazine rings is 1. The lowest BCUT2D eigenvalue weighted by Crippen LogP contribution is -2.48. The molecule has 150 valence electrons. The predicted molar refractivity (Wildman–Crippen MR) is 108 cm³/mol. The summed E-state index contributed by atoms with van der Waals surface area (Å²) in [6.45, 7) is 2.71. The lowest BCUT2D eigenvalue weighted by atomic mass is 10.1. The highest BCUT2D eigenvalue weighted by atomic mass is 32.2. The summed E-state index contributed by atoms with van der Waals surface area (Å²) in [6.07, 6.45) is 0. The number of carbonyl (C=O) groups is 1. The van der Waals surface area contributed by atoms with Crippen LogP contribution in [0.5, 0.6) is 5.75 Å². The Morgan fingerprint density at radius 3 is 2.00 bits per heavy atom. The minimum Gasteiger partial charge on any atom is -0.497 e. The van der Waals surface area contributed by atoms with Crippen LogP contribution in [0, 0.1) is 0 Å². The van der Waals surface area contributed by atoms with Crippen LogP contribution in [0.2, 0.25) is 0 Å². The van der Waals surface area contributed by atoms with E-state index in [1.165, 1.54) is 26.2 Å². The molecule has 0 atom stereocenters. The van der Waals surface area contributed by atoms with Crippen molar-refractivity contribution in [1.29, 1.82) is 0 Å². The molecule has 0 unspecified atom stereocenters. The standard InChI is InChI=1S/C20H25N3O4S/c1-21(2)28(25,26)19-10-4-16(5-11-19)20(24)23-14-12-22(13-15-23)17-6-8-18(27-3)9-7-17/h4-11H,12-15H2,1-3H3. The molecule has 0 aliphatic carbocycles. The number of hydrogen-bond acceptors (Lipinski definition) is 5. The van der Waals surface area contributed by atoms with E-state index in [-0.39, 0.29) is 10.8 Å². The summed E-state index contributed by atoms with van der Waals surface area (Å²) in [5.74, 6) is 0.737. The second-order valence-corrected chi connectivity index (χ2v) is 8.94. The third-order valence-corrected chi connectivity index (χ3v) is 6.71. The molecule has 1 aliphatic rings. The van der Waals surface area contributed by atoms with E-state index in [0.29, 0.717) is 18.7 Å². The molecule has 7 nitrogen and oxygen atoms in total. The summed E-state index contributed by atoms with van der Waals surface area (Å²) in [6, 6.07) is 14.0. The van der Waals surface area contributed by atoms with Gasteiger partial charge in [0.15, 0.2) is 0 Å². The summed E-state index contributed by atoms with van der Waals surface area (Å²) < 4.78 is 30.6. The topological polar surface area (TPSA) is 70.2 Å². The number of benzene rings is 2. The van der Waals surface area contributed by atoms with Gasteiger partial charge in [-0.15, -0.1) is 0 Å². The Labute approximate surface area is 166 Å². The first-order valence-electron chi connectivity index (χ1n) is 9.04. The molecule has 0 N–H and O–H groups in total. The van der Waals surface area contributed by atoms with Gasteiger partial charge < -0.3 is 14.5 Å². The van der Waals surface area contributed by atoms with Crippen LogP contribution in [-0.2, 0) is 10.0 Å². The highest BCUT2D eigenvalue weighted by Crippen LogP contribution is 2.21. The molecule has 0 bridgehead atoms. The van der Waals surface area contributed by atoms with Crippen LogP contribution in [0.25, 0.3) is 0 Å². The Morgan fingerprint density at radius 1 is 0.929 bits per heavy atom. The number of nitrogens with zero attached hydrogens (tertiary/aromatic N) is 3. The number of methoxy groups -OCH3 is 1. The monoisotopic (exact) mass is 403 g/mol. The maximum Gasteiger partial charge on any atom is 0.253 e. The SMILES string of the molecule is COc1ccc(N2CCN(C(=O)c3ccc(S(=O)(=O)N(C)C)cc3)CC2)cc1. The van der Waals surface area contributed by atoms with E-state index in [9.17, 15) is 13.2 Å². The van der Waals surface area contributed by atoms with Crippen LogP contribution in [0.15, 0.2) is 53.4 Å². The average molecular weight is 404 g/mol. The van der Waals surface area contributed by atoms with E-state index < -0.39 is 10.0 Å². The van der Waals surface area contributed by atoms with Crippen molar-refractivity contribution in [2.24, 2.45) is 0 Å². The molecule has 1 saturated heterocycles. The Bertz CT molecular complexity index is 917. The molecule has 0 spiro atoms. The zero-order valence-electron chi connectivity index (χ0n) is 16.3. The van der Waals surface area contributed by atoms with Crippen LogP contribution < -0.4 is 9.64 Å². The lowest BCUT2D eigenvalue weighted by Gasteiger charge is -2.36. The molecule has 1 amide bonds. The number of carbonyl (C=O) groups excluding carboxylic acids is 1. The van der Waals surface area contributed by atoms with E-state index in [4.69, 9.17) is 4.74 Å². The molecule has 2 aromatic carbocycles. The van der Waals surface area contributed by atoms with Crippen molar-refractivity contribution in [3.8, 4) is 5.75 Å². The fraction of sp³-hybridized carbons (Fsp3) is 0.350. The van der Waals surface area contributed by atoms with Crippen LogP contribution >= 0.6 is 0 Å². The second-order valence-electron chi connectivity index (χ2n) is 6.79. The van der Waals surface area contributed by atoms with Gasteiger partial charge in [0.25, 0.3) is 5.91 Å². The second kappa shape index (κ2) is 8.20. The van der Waals surface area contributed by atoms with Gasteiger partial charge in [-0.3, -0.25) is 4.79 Å². The van der Waals surface area contributed by atoms with Crippen molar-refractivity contribution in [3.05, 3.63) is 54.1 Å².